The maximum Gasteiger partial charge on any atom is 0.356 e. The number of nitrogens with zero attached hydrogens (tertiary/aromatic N) is 4. The molecule has 6 nitrogen and oxygen atoms in total. The number of hydrogen-bond donors (Lipinski definition) is 0. The van der Waals surface area contributed by atoms with Crippen molar-refractivity contribution >= 4 is 39.4 Å². The van der Waals surface area contributed by atoms with Crippen LogP contribution >= 0.6 is 15.9 Å². The highest BCUT2D eigenvalue weighted by molar-refractivity contribution is 9.10. The number of carbonyl (C=O) groups excluding carboxylic acids is 2. The number of imide groups is 1. The normalized spacial score (nSPS) is 19.4. The predicted octanol–water partition coefficient (Wildman–Crippen LogP) is 3.12. The monoisotopic (exact) mass is 406 g/mol. The van der Waals surface area contributed by atoms with Crippen LogP contribution in [0.4, 0.5) is 10.5 Å². The predicted molar refractivity (Wildman–Crippen MR) is 102 cm³/mol. The summed E-state index contributed by atoms with van der Waals surface area (Å²) < 4.78 is 0.901. The van der Waals surface area contributed by atoms with Crippen molar-refractivity contribution in [2.75, 3.05) is 37.6 Å². The molecule has 0 aliphatic carbocycles. The van der Waals surface area contributed by atoms with Crippen molar-refractivity contribution in [2.24, 2.45) is 4.99 Å². The van der Waals surface area contributed by atoms with Crippen molar-refractivity contribution in [3.63, 3.8) is 0 Å². The van der Waals surface area contributed by atoms with Crippen LogP contribution < -0.4 is 4.90 Å². The lowest BCUT2D eigenvalue weighted by atomic mass is 10.2. The third-order valence-electron chi connectivity index (χ3n) is 4.62. The van der Waals surface area contributed by atoms with E-state index in [-0.39, 0.29) is 12.3 Å². The van der Waals surface area contributed by atoms with E-state index >= 15 is 0 Å². The number of unbranched alkanes of at least 4 members (excludes halogenated alkanes) is 1. The van der Waals surface area contributed by atoms with E-state index in [0.717, 1.165) is 42.1 Å². The van der Waals surface area contributed by atoms with Gasteiger partial charge >= 0.3 is 6.03 Å². The van der Waals surface area contributed by atoms with E-state index in [9.17, 15) is 9.59 Å². The summed E-state index contributed by atoms with van der Waals surface area (Å²) in [4.78, 5) is 34.8. The molecule has 1 aromatic carbocycles. The van der Waals surface area contributed by atoms with Crippen LogP contribution in [0.3, 0.4) is 0 Å². The Morgan fingerprint density at radius 2 is 1.76 bits per heavy atom. The lowest BCUT2D eigenvalue weighted by molar-refractivity contribution is -0.117. The molecule has 0 N–H and O–H groups in total. The van der Waals surface area contributed by atoms with Gasteiger partial charge in [0.05, 0.1) is 12.1 Å². The zero-order valence-corrected chi connectivity index (χ0v) is 16.0. The summed E-state index contributed by atoms with van der Waals surface area (Å²) in [5.74, 6) is 0.393. The first-order chi connectivity index (χ1) is 12.1. The van der Waals surface area contributed by atoms with Gasteiger partial charge in [-0.1, -0.05) is 29.3 Å². The summed E-state index contributed by atoms with van der Waals surface area (Å²) in [5.41, 5.74) is 0.561. The Balaban J connectivity index is 1.66. The molecule has 134 valence electrons. The van der Waals surface area contributed by atoms with Gasteiger partial charge in [-0.2, -0.15) is 4.99 Å². The number of rotatable bonds is 4. The van der Waals surface area contributed by atoms with Crippen LogP contribution in [0.15, 0.2) is 33.7 Å². The van der Waals surface area contributed by atoms with Crippen LogP contribution in [0, 0.1) is 0 Å². The van der Waals surface area contributed by atoms with E-state index in [4.69, 9.17) is 0 Å². The summed E-state index contributed by atoms with van der Waals surface area (Å²) >= 11 is 3.36. The molecule has 0 radical (unpaired) electrons. The fourth-order valence-electron chi connectivity index (χ4n) is 3.16. The summed E-state index contributed by atoms with van der Waals surface area (Å²) in [6, 6.07) is 6.61. The average molecular weight is 407 g/mol. The summed E-state index contributed by atoms with van der Waals surface area (Å²) in [7, 11) is 0. The Morgan fingerprint density at radius 1 is 1.08 bits per heavy atom. The highest BCUT2D eigenvalue weighted by Gasteiger charge is 2.32. The van der Waals surface area contributed by atoms with Gasteiger partial charge in [-0.05, 0) is 37.2 Å². The first-order valence-electron chi connectivity index (χ1n) is 8.76. The number of anilines is 1. The van der Waals surface area contributed by atoms with Crippen LogP contribution in [-0.4, -0.2) is 60.3 Å². The molecule has 1 saturated heterocycles. The van der Waals surface area contributed by atoms with Gasteiger partial charge in [0, 0.05) is 30.7 Å². The van der Waals surface area contributed by atoms with Gasteiger partial charge in [0.25, 0.3) is 0 Å². The fourth-order valence-corrected chi connectivity index (χ4v) is 3.42. The number of benzene rings is 1. The summed E-state index contributed by atoms with van der Waals surface area (Å²) in [6.45, 7) is 6.87. The molecule has 0 unspecified atom stereocenters. The van der Waals surface area contributed by atoms with Crippen molar-refractivity contribution in [1.29, 1.82) is 0 Å². The maximum atomic E-state index is 12.5. The van der Waals surface area contributed by atoms with E-state index in [0.29, 0.717) is 11.5 Å². The molecule has 1 aromatic rings. The molecular weight excluding hydrogens is 384 g/mol. The molecule has 0 aromatic heterocycles. The van der Waals surface area contributed by atoms with Gasteiger partial charge in [-0.25, -0.2) is 9.69 Å². The molecular formula is C18H23BrN4O2. The second-order valence-electron chi connectivity index (χ2n) is 6.38. The molecule has 2 aliphatic rings. The van der Waals surface area contributed by atoms with E-state index in [2.05, 4.69) is 37.6 Å². The largest absolute Gasteiger partial charge is 0.357 e. The van der Waals surface area contributed by atoms with Crippen LogP contribution in [0.2, 0.25) is 0 Å². The van der Waals surface area contributed by atoms with E-state index in [1.165, 1.54) is 12.8 Å². The van der Waals surface area contributed by atoms with Gasteiger partial charge in [-0.3, -0.25) is 9.69 Å². The van der Waals surface area contributed by atoms with Crippen molar-refractivity contribution in [3.8, 4) is 0 Å². The molecule has 2 aliphatic heterocycles. The highest BCUT2D eigenvalue weighted by Crippen LogP contribution is 2.23. The minimum Gasteiger partial charge on any atom is -0.357 e. The fraction of sp³-hybridized carbons (Fsp3) is 0.500. The quantitative estimate of drug-likeness (QED) is 0.770. The number of piperazine rings is 1. The molecule has 2 heterocycles. The molecule has 0 saturated carbocycles. The Labute approximate surface area is 156 Å². The Morgan fingerprint density at radius 3 is 2.36 bits per heavy atom. The molecule has 25 heavy (non-hydrogen) atoms. The SMILES string of the molecule is CCCCN1CCN(C2=NC(=O)N(c3ccc(Br)cc3)C(=O)C2)CC1. The number of amides is 3. The number of hydrogen-bond acceptors (Lipinski definition) is 4. The molecule has 0 atom stereocenters. The summed E-state index contributed by atoms with van der Waals surface area (Å²) in [6.07, 6.45) is 2.58. The zero-order valence-electron chi connectivity index (χ0n) is 14.4. The van der Waals surface area contributed by atoms with Crippen LogP contribution in [0.5, 0.6) is 0 Å². The lowest BCUT2D eigenvalue weighted by Crippen LogP contribution is -2.52. The highest BCUT2D eigenvalue weighted by atomic mass is 79.9. The van der Waals surface area contributed by atoms with Crippen LogP contribution in [0.1, 0.15) is 26.2 Å². The minimum absolute atomic E-state index is 0.177. The molecule has 7 heteroatoms. The third-order valence-corrected chi connectivity index (χ3v) is 5.15. The Kier molecular flexibility index (Phi) is 5.86. The van der Waals surface area contributed by atoms with Crippen LogP contribution in [0.25, 0.3) is 0 Å². The van der Waals surface area contributed by atoms with Crippen molar-refractivity contribution in [1.82, 2.24) is 9.80 Å². The number of halogens is 1. The average Bonchev–Trinajstić information content (AvgIpc) is 2.61. The van der Waals surface area contributed by atoms with Gasteiger partial charge in [0.15, 0.2) is 0 Å². The first kappa shape index (κ1) is 18.1. The van der Waals surface area contributed by atoms with Gasteiger partial charge in [0.1, 0.15) is 5.84 Å². The number of aliphatic imine (C=N–C) groups is 1. The van der Waals surface area contributed by atoms with Crippen molar-refractivity contribution in [2.45, 2.75) is 26.2 Å². The molecule has 3 amide bonds. The van der Waals surface area contributed by atoms with Crippen molar-refractivity contribution < 1.29 is 9.59 Å². The smallest absolute Gasteiger partial charge is 0.356 e. The standard InChI is InChI=1S/C18H23BrN4O2/c1-2-3-8-21-9-11-22(12-10-21)16-13-17(24)23(18(25)20-16)15-6-4-14(19)5-7-15/h4-7H,2-3,8-13H2,1H3. The van der Waals surface area contributed by atoms with Gasteiger partial charge in [0.2, 0.25) is 5.91 Å². The Hall–Kier alpha value is -1.73. The van der Waals surface area contributed by atoms with Gasteiger partial charge in [-0.15, -0.1) is 0 Å². The third kappa shape index (κ3) is 4.27. The van der Waals surface area contributed by atoms with Crippen LogP contribution in [-0.2, 0) is 4.79 Å². The molecule has 0 bridgehead atoms. The molecule has 0 spiro atoms. The zero-order chi connectivity index (χ0) is 17.8. The Bertz CT molecular complexity index is 666. The van der Waals surface area contributed by atoms with Gasteiger partial charge < -0.3 is 4.90 Å². The first-order valence-corrected chi connectivity index (χ1v) is 9.55. The second-order valence-corrected chi connectivity index (χ2v) is 7.29. The number of carbonyl (C=O) groups is 2. The summed E-state index contributed by atoms with van der Waals surface area (Å²) in [5, 5.41) is 0. The van der Waals surface area contributed by atoms with Crippen molar-refractivity contribution in [3.05, 3.63) is 28.7 Å². The molecule has 1 fully saturated rings. The van der Waals surface area contributed by atoms with E-state index in [1.807, 2.05) is 12.1 Å². The van der Waals surface area contributed by atoms with E-state index in [1.54, 1.807) is 12.1 Å². The minimum atomic E-state index is -0.498. The lowest BCUT2D eigenvalue weighted by Gasteiger charge is -2.37. The maximum absolute atomic E-state index is 12.5. The molecule has 3 rings (SSSR count). The number of urea groups is 1. The van der Waals surface area contributed by atoms with E-state index < -0.39 is 6.03 Å². The number of amidine groups is 1. The topological polar surface area (TPSA) is 56.2 Å². The second kappa shape index (κ2) is 8.10.